The molecule has 0 saturated carbocycles. The summed E-state index contributed by atoms with van der Waals surface area (Å²) in [5.41, 5.74) is 2.80. The molecule has 2 unspecified atom stereocenters. The van der Waals surface area contributed by atoms with Crippen molar-refractivity contribution in [3.05, 3.63) is 101 Å². The van der Waals surface area contributed by atoms with Crippen LogP contribution in [0.15, 0.2) is 94.8 Å². The molecule has 43 heavy (non-hydrogen) atoms. The van der Waals surface area contributed by atoms with Crippen molar-refractivity contribution in [2.45, 2.75) is 70.5 Å². The maximum absolute atomic E-state index is 12.2. The van der Waals surface area contributed by atoms with Crippen molar-refractivity contribution in [1.82, 2.24) is 0 Å². The maximum atomic E-state index is 12.2. The number of benzene rings is 3. The third-order valence-electron chi connectivity index (χ3n) is 7.19. The normalized spacial score (nSPS) is 13.7. The standard InChI is InChI=1S/C36H40O6S/c1-7-25(41-35(37)23(3)4)21-39-33-29-16-12-13-17-30(29)34(40-22-26(8-2)42-36(38)24(5)6)32-20-28(18-19-31(32)33)43-27-14-10-9-11-15-27/h9-18,25-26H,3,5,7-8,19-22H2,1-2,4,6H3. The van der Waals surface area contributed by atoms with Crippen molar-refractivity contribution in [2.24, 2.45) is 0 Å². The van der Waals surface area contributed by atoms with Crippen molar-refractivity contribution in [3.8, 4) is 11.5 Å². The Bertz CT molecular complexity index is 1520. The third kappa shape index (κ3) is 8.11. The van der Waals surface area contributed by atoms with Crippen molar-refractivity contribution < 1.29 is 28.5 Å². The van der Waals surface area contributed by atoms with Gasteiger partial charge in [0.15, 0.2) is 0 Å². The largest absolute Gasteiger partial charge is 0.489 e. The first-order valence-corrected chi connectivity index (χ1v) is 15.5. The van der Waals surface area contributed by atoms with Gasteiger partial charge >= 0.3 is 11.9 Å². The second-order valence-electron chi connectivity index (χ2n) is 10.7. The SMILES string of the molecule is C=C(C)C(=O)OC(CC)COc1c2c(c(OCC(CC)OC(=O)C(=C)C)c3ccccc13)CC(Sc1ccccc1)=CC2. The number of esters is 2. The molecule has 4 rings (SSSR count). The zero-order chi connectivity index (χ0) is 30.9. The fraction of sp³-hybridized carbons (Fsp3) is 0.333. The number of ether oxygens (including phenoxy) is 4. The molecule has 2 atom stereocenters. The number of hydrogen-bond acceptors (Lipinski definition) is 7. The average molecular weight is 601 g/mol. The third-order valence-corrected chi connectivity index (χ3v) is 8.27. The molecule has 7 heteroatoms. The van der Waals surface area contributed by atoms with Gasteiger partial charge in [0.2, 0.25) is 0 Å². The monoisotopic (exact) mass is 600 g/mol. The summed E-state index contributed by atoms with van der Waals surface area (Å²) in [6.45, 7) is 15.0. The highest BCUT2D eigenvalue weighted by Gasteiger charge is 2.27. The molecule has 0 radical (unpaired) electrons. The van der Waals surface area contributed by atoms with Gasteiger partial charge in [-0.3, -0.25) is 0 Å². The molecule has 1 aliphatic carbocycles. The van der Waals surface area contributed by atoms with Crippen LogP contribution in [-0.2, 0) is 31.9 Å². The van der Waals surface area contributed by atoms with Crippen LogP contribution >= 0.6 is 11.8 Å². The second-order valence-corrected chi connectivity index (χ2v) is 11.9. The molecule has 0 N–H and O–H groups in total. The lowest BCUT2D eigenvalue weighted by Gasteiger charge is -2.27. The summed E-state index contributed by atoms with van der Waals surface area (Å²) in [6, 6.07) is 18.3. The fourth-order valence-electron chi connectivity index (χ4n) is 4.72. The van der Waals surface area contributed by atoms with E-state index in [1.54, 1.807) is 25.6 Å². The predicted octanol–water partition coefficient (Wildman–Crippen LogP) is 8.17. The van der Waals surface area contributed by atoms with Crippen LogP contribution < -0.4 is 9.47 Å². The Morgan fingerprint density at radius 2 is 1.26 bits per heavy atom. The molecule has 3 aromatic rings. The Labute approximate surface area is 258 Å². The molecule has 0 spiro atoms. The lowest BCUT2D eigenvalue weighted by Crippen LogP contribution is -2.26. The van der Waals surface area contributed by atoms with Crippen molar-refractivity contribution in [1.29, 1.82) is 0 Å². The molecule has 0 fully saturated rings. The zero-order valence-corrected chi connectivity index (χ0v) is 26.3. The van der Waals surface area contributed by atoms with E-state index in [0.717, 1.165) is 33.4 Å². The number of allylic oxidation sites excluding steroid dienone is 2. The van der Waals surface area contributed by atoms with Crippen LogP contribution in [0.1, 0.15) is 51.7 Å². The van der Waals surface area contributed by atoms with Gasteiger partial charge in [-0.25, -0.2) is 9.59 Å². The first-order valence-electron chi connectivity index (χ1n) is 14.7. The topological polar surface area (TPSA) is 71.1 Å². The summed E-state index contributed by atoms with van der Waals surface area (Å²) in [7, 11) is 0. The summed E-state index contributed by atoms with van der Waals surface area (Å²) in [5.74, 6) is 0.689. The summed E-state index contributed by atoms with van der Waals surface area (Å²) in [5, 5.41) is 1.83. The van der Waals surface area contributed by atoms with Crippen LogP contribution in [0.5, 0.6) is 11.5 Å². The quantitative estimate of drug-likeness (QED) is 0.137. The van der Waals surface area contributed by atoms with E-state index in [1.807, 2.05) is 56.3 Å². The van der Waals surface area contributed by atoms with Crippen LogP contribution in [0, 0.1) is 0 Å². The first-order chi connectivity index (χ1) is 20.7. The van der Waals surface area contributed by atoms with E-state index >= 15 is 0 Å². The summed E-state index contributed by atoms with van der Waals surface area (Å²) >= 11 is 1.74. The van der Waals surface area contributed by atoms with Gasteiger partial charge in [0, 0.05) is 44.4 Å². The van der Waals surface area contributed by atoms with Crippen LogP contribution in [0.3, 0.4) is 0 Å². The number of thioether (sulfide) groups is 1. The van der Waals surface area contributed by atoms with Crippen molar-refractivity contribution in [3.63, 3.8) is 0 Å². The van der Waals surface area contributed by atoms with E-state index in [1.165, 1.54) is 9.80 Å². The highest BCUT2D eigenvalue weighted by Crippen LogP contribution is 2.46. The Hall–Kier alpha value is -3.97. The molecule has 6 nitrogen and oxygen atoms in total. The van der Waals surface area contributed by atoms with Gasteiger partial charge in [-0.05, 0) is 50.1 Å². The maximum Gasteiger partial charge on any atom is 0.333 e. The van der Waals surface area contributed by atoms with E-state index in [-0.39, 0.29) is 13.2 Å². The van der Waals surface area contributed by atoms with E-state index in [9.17, 15) is 9.59 Å². The molecule has 0 amide bonds. The van der Waals surface area contributed by atoms with E-state index in [2.05, 4.69) is 31.4 Å². The molecule has 0 aromatic heterocycles. The van der Waals surface area contributed by atoms with Crippen LogP contribution in [0.25, 0.3) is 10.8 Å². The predicted molar refractivity (Wildman–Crippen MR) is 173 cm³/mol. The first kappa shape index (κ1) is 32.0. The number of carbonyl (C=O) groups is 2. The molecule has 0 saturated heterocycles. The minimum absolute atomic E-state index is 0.214. The van der Waals surface area contributed by atoms with E-state index in [4.69, 9.17) is 18.9 Å². The van der Waals surface area contributed by atoms with E-state index in [0.29, 0.717) is 36.8 Å². The summed E-state index contributed by atoms with van der Waals surface area (Å²) in [6.07, 6.45) is 3.95. The molecule has 1 aliphatic rings. The van der Waals surface area contributed by atoms with Crippen LogP contribution in [0.4, 0.5) is 0 Å². The molecule has 0 bridgehead atoms. The number of hydrogen-bond donors (Lipinski definition) is 0. The molecular formula is C36H40O6S. The van der Waals surface area contributed by atoms with Gasteiger partial charge in [0.1, 0.15) is 36.9 Å². The highest BCUT2D eigenvalue weighted by molar-refractivity contribution is 8.03. The summed E-state index contributed by atoms with van der Waals surface area (Å²) in [4.78, 5) is 26.8. The zero-order valence-electron chi connectivity index (χ0n) is 25.4. The molecular weight excluding hydrogens is 560 g/mol. The minimum atomic E-state index is -0.423. The van der Waals surface area contributed by atoms with Gasteiger partial charge in [-0.1, -0.05) is 87.3 Å². The molecule has 3 aromatic carbocycles. The van der Waals surface area contributed by atoms with Crippen molar-refractivity contribution >= 4 is 34.5 Å². The number of fused-ring (bicyclic) bond motifs is 2. The number of carbonyl (C=O) groups excluding carboxylic acids is 2. The molecule has 0 aliphatic heterocycles. The Morgan fingerprint density at radius 3 is 1.74 bits per heavy atom. The smallest absolute Gasteiger partial charge is 0.333 e. The average Bonchev–Trinajstić information content (AvgIpc) is 3.01. The van der Waals surface area contributed by atoms with Gasteiger partial charge < -0.3 is 18.9 Å². The lowest BCUT2D eigenvalue weighted by atomic mass is 9.90. The highest BCUT2D eigenvalue weighted by atomic mass is 32.2. The molecule has 0 heterocycles. The van der Waals surface area contributed by atoms with Gasteiger partial charge in [-0.2, -0.15) is 0 Å². The lowest BCUT2D eigenvalue weighted by molar-refractivity contribution is -0.146. The molecule has 226 valence electrons. The fourth-order valence-corrected chi connectivity index (χ4v) is 5.70. The van der Waals surface area contributed by atoms with E-state index < -0.39 is 24.1 Å². The second kappa shape index (κ2) is 15.0. The van der Waals surface area contributed by atoms with Gasteiger partial charge in [0.25, 0.3) is 0 Å². The van der Waals surface area contributed by atoms with Gasteiger partial charge in [-0.15, -0.1) is 0 Å². The van der Waals surface area contributed by atoms with Crippen LogP contribution in [0.2, 0.25) is 0 Å². The minimum Gasteiger partial charge on any atom is -0.489 e. The van der Waals surface area contributed by atoms with Crippen molar-refractivity contribution in [2.75, 3.05) is 13.2 Å². The number of rotatable bonds is 14. The van der Waals surface area contributed by atoms with Gasteiger partial charge in [0.05, 0.1) is 0 Å². The summed E-state index contributed by atoms with van der Waals surface area (Å²) < 4.78 is 24.3. The Balaban J connectivity index is 1.71. The Morgan fingerprint density at radius 1 is 0.767 bits per heavy atom. The Kier molecular flexibility index (Phi) is 11.1. The van der Waals surface area contributed by atoms with Crippen LogP contribution in [-0.4, -0.2) is 37.4 Å².